The van der Waals surface area contributed by atoms with E-state index in [1.54, 1.807) is 19.1 Å². The third-order valence-electron chi connectivity index (χ3n) is 2.28. The minimum atomic E-state index is -0.853. The molecule has 6 nitrogen and oxygen atoms in total. The highest BCUT2D eigenvalue weighted by molar-refractivity contribution is 5.67. The normalized spacial score (nSPS) is 12.1. The van der Waals surface area contributed by atoms with Crippen LogP contribution in [0.5, 0.6) is 0 Å². The smallest absolute Gasteiger partial charge is 0.304 e. The highest BCUT2D eigenvalue weighted by atomic mass is 16.6. The Morgan fingerprint density at radius 3 is 2.53 bits per heavy atom. The van der Waals surface area contributed by atoms with Crippen LogP contribution >= 0.6 is 0 Å². The maximum absolute atomic E-state index is 10.4. The number of aliphatic carboxylic acids is 1. The molecule has 0 fully saturated rings. The minimum absolute atomic E-state index is 0.0485. The molecule has 0 aromatic heterocycles. The summed E-state index contributed by atoms with van der Waals surface area (Å²) in [6, 6.07) is 6.03. The van der Waals surface area contributed by atoms with Gasteiger partial charge in [0.2, 0.25) is 0 Å². The van der Waals surface area contributed by atoms with Gasteiger partial charge >= 0.3 is 5.97 Å². The molecule has 0 aliphatic carbocycles. The van der Waals surface area contributed by atoms with E-state index in [4.69, 9.17) is 5.11 Å². The third kappa shape index (κ3) is 4.60. The fraction of sp³-hybridized carbons (Fsp3) is 0.364. The first kappa shape index (κ1) is 13.1. The summed E-state index contributed by atoms with van der Waals surface area (Å²) in [5.74, 6) is -0.853. The summed E-state index contributed by atoms with van der Waals surface area (Å²) < 4.78 is 0. The molecule has 17 heavy (non-hydrogen) atoms. The van der Waals surface area contributed by atoms with Crippen molar-refractivity contribution >= 4 is 11.7 Å². The predicted octanol–water partition coefficient (Wildman–Crippen LogP) is 1.55. The SMILES string of the molecule is C[C@@H](CC(=O)O)NCc1ccc([N+](=O)[O-])cc1. The van der Waals surface area contributed by atoms with Crippen molar-refractivity contribution in [2.75, 3.05) is 0 Å². The van der Waals surface area contributed by atoms with Gasteiger partial charge in [-0.15, -0.1) is 0 Å². The van der Waals surface area contributed by atoms with E-state index in [1.165, 1.54) is 12.1 Å². The fourth-order valence-corrected chi connectivity index (χ4v) is 1.36. The molecule has 1 aromatic carbocycles. The third-order valence-corrected chi connectivity index (χ3v) is 2.28. The summed E-state index contributed by atoms with van der Waals surface area (Å²) in [5.41, 5.74) is 0.931. The second-order valence-electron chi connectivity index (χ2n) is 3.80. The fourth-order valence-electron chi connectivity index (χ4n) is 1.36. The van der Waals surface area contributed by atoms with Crippen LogP contribution in [0.15, 0.2) is 24.3 Å². The summed E-state index contributed by atoms with van der Waals surface area (Å²) in [5, 5.41) is 22.0. The average Bonchev–Trinajstić information content (AvgIpc) is 2.26. The molecule has 0 saturated heterocycles. The van der Waals surface area contributed by atoms with Gasteiger partial charge in [-0.2, -0.15) is 0 Å². The monoisotopic (exact) mass is 238 g/mol. The van der Waals surface area contributed by atoms with Gasteiger partial charge in [-0.05, 0) is 12.5 Å². The molecule has 1 atom stereocenters. The number of nitro benzene ring substituents is 1. The van der Waals surface area contributed by atoms with E-state index in [0.29, 0.717) is 6.54 Å². The van der Waals surface area contributed by atoms with E-state index in [-0.39, 0.29) is 18.2 Å². The second kappa shape index (κ2) is 5.95. The van der Waals surface area contributed by atoms with E-state index >= 15 is 0 Å². The molecule has 0 unspecified atom stereocenters. The standard InChI is InChI=1S/C11H14N2O4/c1-8(6-11(14)15)12-7-9-2-4-10(5-3-9)13(16)17/h2-5,8,12H,6-7H2,1H3,(H,14,15)/t8-/m0/s1. The van der Waals surface area contributed by atoms with Crippen molar-refractivity contribution < 1.29 is 14.8 Å². The van der Waals surface area contributed by atoms with Crippen molar-refractivity contribution in [2.24, 2.45) is 0 Å². The Kier molecular flexibility index (Phi) is 4.59. The Morgan fingerprint density at radius 2 is 2.06 bits per heavy atom. The number of rotatable bonds is 6. The molecular formula is C11H14N2O4. The van der Waals surface area contributed by atoms with Crippen LogP contribution in [0.25, 0.3) is 0 Å². The predicted molar refractivity (Wildman–Crippen MR) is 61.7 cm³/mol. The van der Waals surface area contributed by atoms with Gasteiger partial charge in [-0.1, -0.05) is 12.1 Å². The highest BCUT2D eigenvalue weighted by Gasteiger charge is 2.07. The molecule has 0 saturated carbocycles. The average molecular weight is 238 g/mol. The molecule has 2 N–H and O–H groups in total. The van der Waals surface area contributed by atoms with Crippen molar-refractivity contribution in [3.8, 4) is 0 Å². The van der Waals surface area contributed by atoms with Gasteiger partial charge in [0, 0.05) is 24.7 Å². The Hall–Kier alpha value is -1.95. The van der Waals surface area contributed by atoms with Crippen LogP contribution in [0.3, 0.4) is 0 Å². The van der Waals surface area contributed by atoms with Crippen molar-refractivity contribution in [3.63, 3.8) is 0 Å². The number of non-ortho nitro benzene ring substituents is 1. The lowest BCUT2D eigenvalue weighted by Crippen LogP contribution is -2.27. The first-order chi connectivity index (χ1) is 7.99. The van der Waals surface area contributed by atoms with E-state index in [9.17, 15) is 14.9 Å². The van der Waals surface area contributed by atoms with Gasteiger partial charge in [0.15, 0.2) is 0 Å². The number of carboxylic acids is 1. The molecule has 0 radical (unpaired) electrons. The minimum Gasteiger partial charge on any atom is -0.481 e. The zero-order chi connectivity index (χ0) is 12.8. The molecule has 6 heteroatoms. The Balaban J connectivity index is 2.47. The van der Waals surface area contributed by atoms with E-state index in [1.807, 2.05) is 0 Å². The largest absolute Gasteiger partial charge is 0.481 e. The summed E-state index contributed by atoms with van der Waals surface area (Å²) in [7, 11) is 0. The molecule has 0 amide bonds. The second-order valence-corrected chi connectivity index (χ2v) is 3.80. The summed E-state index contributed by atoms with van der Waals surface area (Å²) in [6.07, 6.45) is 0.0486. The topological polar surface area (TPSA) is 92.5 Å². The first-order valence-electron chi connectivity index (χ1n) is 5.17. The quantitative estimate of drug-likeness (QED) is 0.579. The maximum Gasteiger partial charge on any atom is 0.304 e. The zero-order valence-electron chi connectivity index (χ0n) is 9.42. The van der Waals surface area contributed by atoms with Crippen LogP contribution < -0.4 is 5.32 Å². The Bertz CT molecular complexity index is 402. The number of carbonyl (C=O) groups is 1. The molecule has 1 aromatic rings. The molecule has 0 heterocycles. The first-order valence-corrected chi connectivity index (χ1v) is 5.17. The lowest BCUT2D eigenvalue weighted by Gasteiger charge is -2.11. The van der Waals surface area contributed by atoms with Crippen molar-refractivity contribution in [1.29, 1.82) is 0 Å². The van der Waals surface area contributed by atoms with Gasteiger partial charge in [-0.25, -0.2) is 0 Å². The molecule has 0 aliphatic heterocycles. The van der Waals surface area contributed by atoms with Crippen molar-refractivity contribution in [1.82, 2.24) is 5.32 Å². The van der Waals surface area contributed by atoms with Crippen molar-refractivity contribution in [2.45, 2.75) is 25.9 Å². The number of carboxylic acid groups (broad SMARTS) is 1. The van der Waals surface area contributed by atoms with Crippen LogP contribution in [0.2, 0.25) is 0 Å². The summed E-state index contributed by atoms with van der Waals surface area (Å²) in [4.78, 5) is 20.4. The number of benzene rings is 1. The van der Waals surface area contributed by atoms with Gasteiger partial charge in [0.1, 0.15) is 0 Å². The molecular weight excluding hydrogens is 224 g/mol. The van der Waals surface area contributed by atoms with Gasteiger partial charge in [-0.3, -0.25) is 14.9 Å². The molecule has 0 bridgehead atoms. The molecule has 1 rings (SSSR count). The number of nitro groups is 1. The van der Waals surface area contributed by atoms with Gasteiger partial charge in [0.25, 0.3) is 5.69 Å². The van der Waals surface area contributed by atoms with E-state index in [0.717, 1.165) is 5.56 Å². The lowest BCUT2D eigenvalue weighted by molar-refractivity contribution is -0.384. The summed E-state index contributed by atoms with van der Waals surface area (Å²) in [6.45, 7) is 2.27. The Morgan fingerprint density at radius 1 is 1.47 bits per heavy atom. The lowest BCUT2D eigenvalue weighted by atomic mass is 10.2. The molecule has 0 spiro atoms. The van der Waals surface area contributed by atoms with Crippen LogP contribution in [-0.2, 0) is 11.3 Å². The van der Waals surface area contributed by atoms with Gasteiger partial charge in [0.05, 0.1) is 11.3 Å². The van der Waals surface area contributed by atoms with Crippen molar-refractivity contribution in [3.05, 3.63) is 39.9 Å². The van der Waals surface area contributed by atoms with Gasteiger partial charge < -0.3 is 10.4 Å². The molecule has 92 valence electrons. The van der Waals surface area contributed by atoms with E-state index < -0.39 is 10.9 Å². The van der Waals surface area contributed by atoms with Crippen LogP contribution in [0.4, 0.5) is 5.69 Å². The molecule has 0 aliphatic rings. The van der Waals surface area contributed by atoms with E-state index in [2.05, 4.69) is 5.32 Å². The highest BCUT2D eigenvalue weighted by Crippen LogP contribution is 2.11. The van der Waals surface area contributed by atoms with Crippen LogP contribution in [0.1, 0.15) is 18.9 Å². The van der Waals surface area contributed by atoms with Crippen LogP contribution in [0, 0.1) is 10.1 Å². The number of hydrogen-bond donors (Lipinski definition) is 2. The number of nitrogens with one attached hydrogen (secondary N) is 1. The number of hydrogen-bond acceptors (Lipinski definition) is 4. The number of nitrogens with zero attached hydrogens (tertiary/aromatic N) is 1. The maximum atomic E-state index is 10.4. The zero-order valence-corrected chi connectivity index (χ0v) is 9.42. The summed E-state index contributed by atoms with van der Waals surface area (Å²) >= 11 is 0. The van der Waals surface area contributed by atoms with Crippen LogP contribution in [-0.4, -0.2) is 22.0 Å². The Labute approximate surface area is 98.4 Å².